The number of rotatable bonds is 2. The summed E-state index contributed by atoms with van der Waals surface area (Å²) in [5.41, 5.74) is 10.6. The molecule has 0 spiro atoms. The Bertz CT molecular complexity index is 1220. The topological polar surface area (TPSA) is 85.8 Å². The van der Waals surface area contributed by atoms with E-state index in [2.05, 4.69) is 48.7 Å². The van der Waals surface area contributed by atoms with Gasteiger partial charge in [-0.2, -0.15) is 0 Å². The summed E-state index contributed by atoms with van der Waals surface area (Å²) in [6.45, 7) is 4.90. The second kappa shape index (κ2) is 7.11. The molecule has 2 N–H and O–H groups in total. The van der Waals surface area contributed by atoms with Crippen LogP contribution in [0.1, 0.15) is 24.5 Å². The number of nitrogens with zero attached hydrogens (tertiary/aromatic N) is 6. The molecular weight excluding hydrogens is 398 g/mol. The molecule has 0 radical (unpaired) electrons. The standard InChI is InChI=1S/C22H20ClN7/c1-13-12-29(17-6-4-16(23)5-7-17)20-9-15(18-10-26-21(24)11-25-18)3-8-19(20)30-14(2)27-28-22(13)30/h3-11,13H,12H2,1-2H3,(H2,24,26)/t13-/m1/s1. The lowest BCUT2D eigenvalue weighted by Gasteiger charge is -2.27. The van der Waals surface area contributed by atoms with Crippen molar-refractivity contribution in [2.45, 2.75) is 19.8 Å². The zero-order valence-corrected chi connectivity index (χ0v) is 17.4. The monoisotopic (exact) mass is 417 g/mol. The molecule has 0 fully saturated rings. The van der Waals surface area contributed by atoms with Crippen LogP contribution in [0.3, 0.4) is 0 Å². The van der Waals surface area contributed by atoms with Gasteiger partial charge in [-0.15, -0.1) is 10.2 Å². The van der Waals surface area contributed by atoms with Crippen molar-refractivity contribution in [3.05, 3.63) is 71.5 Å². The van der Waals surface area contributed by atoms with Crippen LogP contribution in [0.2, 0.25) is 5.02 Å². The van der Waals surface area contributed by atoms with E-state index in [0.717, 1.165) is 46.5 Å². The summed E-state index contributed by atoms with van der Waals surface area (Å²) in [6, 6.07) is 14.1. The summed E-state index contributed by atoms with van der Waals surface area (Å²) >= 11 is 6.14. The number of aromatic nitrogens is 5. The highest BCUT2D eigenvalue weighted by atomic mass is 35.5. The van der Waals surface area contributed by atoms with Gasteiger partial charge in [-0.1, -0.05) is 24.6 Å². The summed E-state index contributed by atoms with van der Waals surface area (Å²) in [4.78, 5) is 10.9. The maximum atomic E-state index is 6.14. The first-order valence-corrected chi connectivity index (χ1v) is 10.1. The number of hydrogen-bond donors (Lipinski definition) is 1. The van der Waals surface area contributed by atoms with Gasteiger partial charge in [0.05, 0.1) is 29.5 Å². The molecule has 1 aliphatic heterocycles. The molecule has 0 amide bonds. The lowest BCUT2D eigenvalue weighted by molar-refractivity contribution is 0.696. The third kappa shape index (κ3) is 3.07. The fourth-order valence-electron chi connectivity index (χ4n) is 3.89. The van der Waals surface area contributed by atoms with Crippen LogP contribution in [0.15, 0.2) is 54.9 Å². The molecule has 0 aliphatic carbocycles. The molecule has 8 heteroatoms. The fourth-order valence-corrected chi connectivity index (χ4v) is 4.02. The number of aryl methyl sites for hydroxylation is 1. The summed E-state index contributed by atoms with van der Waals surface area (Å²) in [5.74, 6) is 2.38. The van der Waals surface area contributed by atoms with Gasteiger partial charge in [0.15, 0.2) is 0 Å². The van der Waals surface area contributed by atoms with Crippen molar-refractivity contribution in [1.29, 1.82) is 0 Å². The van der Waals surface area contributed by atoms with Crippen LogP contribution in [-0.2, 0) is 0 Å². The summed E-state index contributed by atoms with van der Waals surface area (Å²) in [5, 5.41) is 9.50. The number of fused-ring (bicyclic) bond motifs is 3. The Morgan fingerprint density at radius 2 is 1.80 bits per heavy atom. The van der Waals surface area contributed by atoms with E-state index in [1.165, 1.54) is 0 Å². The summed E-state index contributed by atoms with van der Waals surface area (Å²) in [7, 11) is 0. The van der Waals surface area contributed by atoms with Gasteiger partial charge in [0.2, 0.25) is 0 Å². The number of nitrogens with two attached hydrogens (primary N) is 1. The highest BCUT2D eigenvalue weighted by Gasteiger charge is 2.28. The SMILES string of the molecule is Cc1nnc2n1-c1ccc(-c3cnc(N)cn3)cc1N(c1ccc(Cl)cc1)C[C@H]2C. The number of hydrogen-bond acceptors (Lipinski definition) is 6. The largest absolute Gasteiger partial charge is 0.382 e. The smallest absolute Gasteiger partial charge is 0.142 e. The van der Waals surface area contributed by atoms with Crippen molar-refractivity contribution < 1.29 is 0 Å². The van der Waals surface area contributed by atoms with Crippen LogP contribution in [-0.4, -0.2) is 31.3 Å². The quantitative estimate of drug-likeness (QED) is 0.516. The molecule has 0 saturated carbocycles. The third-order valence-electron chi connectivity index (χ3n) is 5.36. The maximum Gasteiger partial charge on any atom is 0.142 e. The first kappa shape index (κ1) is 18.6. The average Bonchev–Trinajstić information content (AvgIpc) is 3.08. The fraction of sp³-hybridized carbons (Fsp3) is 0.182. The van der Waals surface area contributed by atoms with E-state index in [0.29, 0.717) is 10.8 Å². The van der Waals surface area contributed by atoms with E-state index in [1.54, 1.807) is 12.4 Å². The molecule has 0 unspecified atom stereocenters. The second-order valence-corrected chi connectivity index (χ2v) is 7.90. The molecule has 0 bridgehead atoms. The van der Waals surface area contributed by atoms with Crippen LogP contribution in [0.5, 0.6) is 0 Å². The van der Waals surface area contributed by atoms with Gasteiger partial charge in [-0.25, -0.2) is 4.98 Å². The molecule has 1 atom stereocenters. The van der Waals surface area contributed by atoms with E-state index in [9.17, 15) is 0 Å². The van der Waals surface area contributed by atoms with Gasteiger partial charge in [-0.05, 0) is 43.3 Å². The summed E-state index contributed by atoms with van der Waals surface area (Å²) < 4.78 is 2.13. The number of nitrogen functional groups attached to an aromatic ring is 1. The van der Waals surface area contributed by atoms with Crippen molar-refractivity contribution in [1.82, 2.24) is 24.7 Å². The minimum absolute atomic E-state index is 0.175. The van der Waals surface area contributed by atoms with Gasteiger partial charge in [0.25, 0.3) is 0 Å². The van der Waals surface area contributed by atoms with E-state index < -0.39 is 0 Å². The van der Waals surface area contributed by atoms with Crippen molar-refractivity contribution in [2.75, 3.05) is 17.2 Å². The van der Waals surface area contributed by atoms with Crippen LogP contribution in [0, 0.1) is 6.92 Å². The van der Waals surface area contributed by atoms with Gasteiger partial charge in [0.1, 0.15) is 17.5 Å². The number of halogens is 1. The van der Waals surface area contributed by atoms with E-state index in [-0.39, 0.29) is 5.92 Å². The Balaban J connectivity index is 1.73. The predicted octanol–water partition coefficient (Wildman–Crippen LogP) is 4.52. The van der Waals surface area contributed by atoms with Gasteiger partial charge in [0, 0.05) is 28.7 Å². The molecule has 2 aromatic heterocycles. The first-order chi connectivity index (χ1) is 14.5. The van der Waals surface area contributed by atoms with Crippen LogP contribution in [0.4, 0.5) is 17.2 Å². The lowest BCUT2D eigenvalue weighted by Crippen LogP contribution is -2.22. The minimum atomic E-state index is 0.175. The average molecular weight is 418 g/mol. The van der Waals surface area contributed by atoms with Crippen LogP contribution in [0.25, 0.3) is 16.9 Å². The Kier molecular flexibility index (Phi) is 4.40. The normalized spacial score (nSPS) is 15.4. The van der Waals surface area contributed by atoms with E-state index in [1.807, 2.05) is 37.3 Å². The molecule has 5 rings (SSSR count). The predicted molar refractivity (Wildman–Crippen MR) is 118 cm³/mol. The number of benzene rings is 2. The Morgan fingerprint density at radius 3 is 2.53 bits per heavy atom. The first-order valence-electron chi connectivity index (χ1n) is 9.68. The molecule has 2 aromatic carbocycles. The van der Waals surface area contributed by atoms with E-state index >= 15 is 0 Å². The highest BCUT2D eigenvalue weighted by Crippen LogP contribution is 2.40. The Labute approximate surface area is 179 Å². The molecular formula is C22H20ClN7. The molecule has 0 saturated heterocycles. The van der Waals surface area contributed by atoms with Gasteiger partial charge in [-0.3, -0.25) is 9.55 Å². The van der Waals surface area contributed by atoms with Crippen molar-refractivity contribution in [2.24, 2.45) is 0 Å². The molecule has 7 nitrogen and oxygen atoms in total. The Morgan fingerprint density at radius 1 is 1.00 bits per heavy atom. The molecule has 150 valence electrons. The third-order valence-corrected chi connectivity index (χ3v) is 5.61. The Hall–Kier alpha value is -3.45. The minimum Gasteiger partial charge on any atom is -0.382 e. The zero-order valence-electron chi connectivity index (χ0n) is 16.6. The molecule has 30 heavy (non-hydrogen) atoms. The van der Waals surface area contributed by atoms with Crippen LogP contribution < -0.4 is 10.6 Å². The zero-order chi connectivity index (χ0) is 20.8. The van der Waals surface area contributed by atoms with Crippen molar-refractivity contribution in [3.63, 3.8) is 0 Å². The second-order valence-electron chi connectivity index (χ2n) is 7.46. The van der Waals surface area contributed by atoms with Gasteiger partial charge < -0.3 is 10.6 Å². The molecule has 3 heterocycles. The van der Waals surface area contributed by atoms with Gasteiger partial charge >= 0.3 is 0 Å². The molecule has 4 aromatic rings. The maximum absolute atomic E-state index is 6.14. The van der Waals surface area contributed by atoms with Crippen molar-refractivity contribution >= 4 is 28.8 Å². The lowest BCUT2D eigenvalue weighted by atomic mass is 10.1. The summed E-state index contributed by atoms with van der Waals surface area (Å²) in [6.07, 6.45) is 3.26. The number of anilines is 3. The highest BCUT2D eigenvalue weighted by molar-refractivity contribution is 6.30. The molecule has 1 aliphatic rings. The van der Waals surface area contributed by atoms with E-state index in [4.69, 9.17) is 17.3 Å². The van der Waals surface area contributed by atoms with Crippen LogP contribution >= 0.6 is 11.6 Å². The van der Waals surface area contributed by atoms with Crippen molar-refractivity contribution in [3.8, 4) is 16.9 Å².